The third-order valence-electron chi connectivity index (χ3n) is 5.05. The number of nitrogens with zero attached hydrogens (tertiary/aromatic N) is 1. The number of hydrogen-bond donors (Lipinski definition) is 1. The number of nitrogens with one attached hydrogen (secondary N) is 1. The summed E-state index contributed by atoms with van der Waals surface area (Å²) in [4.78, 5) is 13.0. The van der Waals surface area contributed by atoms with Crippen LogP contribution in [-0.2, 0) is 4.79 Å². The quantitative estimate of drug-likeness (QED) is 0.840. The van der Waals surface area contributed by atoms with Crippen LogP contribution < -0.4 is 5.32 Å². The summed E-state index contributed by atoms with van der Waals surface area (Å²) >= 11 is 0. The Morgan fingerprint density at radius 3 is 2.79 bits per heavy atom. The summed E-state index contributed by atoms with van der Waals surface area (Å²) in [5.74, 6) is 0.820. The second kappa shape index (κ2) is 5.07. The Balaban J connectivity index is 1.95. The molecule has 2 heterocycles. The summed E-state index contributed by atoms with van der Waals surface area (Å²) in [5, 5.41) is 7.49. The van der Waals surface area contributed by atoms with Gasteiger partial charge >= 0.3 is 0 Å². The van der Waals surface area contributed by atoms with Gasteiger partial charge in [-0.3, -0.25) is 4.79 Å². The predicted molar refractivity (Wildman–Crippen MR) is 92.9 cm³/mol. The van der Waals surface area contributed by atoms with E-state index in [-0.39, 0.29) is 17.1 Å². The number of anilines is 1. The van der Waals surface area contributed by atoms with Crippen LogP contribution in [0.4, 0.5) is 5.88 Å². The van der Waals surface area contributed by atoms with E-state index in [9.17, 15) is 4.79 Å². The Bertz CT molecular complexity index is 874. The lowest BCUT2D eigenvalue weighted by Gasteiger charge is -2.37. The van der Waals surface area contributed by atoms with Gasteiger partial charge in [-0.05, 0) is 31.2 Å². The average molecular weight is 322 g/mol. The van der Waals surface area contributed by atoms with Crippen molar-refractivity contribution in [1.29, 1.82) is 0 Å². The maximum atomic E-state index is 13.0. The molecule has 4 nitrogen and oxygen atoms in total. The van der Waals surface area contributed by atoms with E-state index >= 15 is 0 Å². The molecule has 0 spiro atoms. The van der Waals surface area contributed by atoms with Crippen LogP contribution in [0.5, 0.6) is 0 Å². The molecule has 0 amide bonds. The SMILES string of the molecule is Cc1cccc([C@@H]2C3=C(CC(C)(C)CC3=O)Nc3onc(C)c32)c1. The fraction of sp³-hybridized carbons (Fsp3) is 0.400. The van der Waals surface area contributed by atoms with Gasteiger partial charge in [0.05, 0.1) is 11.3 Å². The lowest BCUT2D eigenvalue weighted by Crippen LogP contribution is -2.33. The van der Waals surface area contributed by atoms with Crippen molar-refractivity contribution in [3.63, 3.8) is 0 Å². The van der Waals surface area contributed by atoms with Crippen molar-refractivity contribution in [2.75, 3.05) is 5.32 Å². The molecule has 2 aliphatic rings. The molecule has 1 atom stereocenters. The molecule has 1 aliphatic heterocycles. The highest BCUT2D eigenvalue weighted by molar-refractivity contribution is 6.01. The van der Waals surface area contributed by atoms with Crippen LogP contribution >= 0.6 is 0 Å². The van der Waals surface area contributed by atoms with E-state index in [1.54, 1.807) is 0 Å². The van der Waals surface area contributed by atoms with Gasteiger partial charge in [-0.2, -0.15) is 0 Å². The van der Waals surface area contributed by atoms with Crippen LogP contribution in [0.2, 0.25) is 0 Å². The van der Waals surface area contributed by atoms with Crippen LogP contribution in [0.1, 0.15) is 55.0 Å². The molecule has 1 aliphatic carbocycles. The van der Waals surface area contributed by atoms with E-state index in [1.807, 2.05) is 13.0 Å². The van der Waals surface area contributed by atoms with Gasteiger partial charge in [-0.15, -0.1) is 0 Å². The third-order valence-corrected chi connectivity index (χ3v) is 5.05. The number of aromatic nitrogens is 1. The average Bonchev–Trinajstić information content (AvgIpc) is 2.85. The second-order valence-electron chi connectivity index (χ2n) is 7.82. The van der Waals surface area contributed by atoms with Crippen molar-refractivity contribution in [2.45, 2.75) is 46.5 Å². The zero-order valence-electron chi connectivity index (χ0n) is 14.6. The number of carbonyl (C=O) groups excluding carboxylic acids is 1. The van der Waals surface area contributed by atoms with E-state index in [4.69, 9.17) is 4.52 Å². The molecule has 0 saturated heterocycles. The fourth-order valence-electron chi connectivity index (χ4n) is 4.05. The van der Waals surface area contributed by atoms with Gasteiger partial charge in [0.1, 0.15) is 0 Å². The first-order valence-corrected chi connectivity index (χ1v) is 8.42. The Labute approximate surface area is 141 Å². The fourth-order valence-corrected chi connectivity index (χ4v) is 4.05. The smallest absolute Gasteiger partial charge is 0.233 e. The topological polar surface area (TPSA) is 55.1 Å². The third kappa shape index (κ3) is 2.29. The molecule has 124 valence electrons. The summed E-state index contributed by atoms with van der Waals surface area (Å²) in [7, 11) is 0. The molecule has 24 heavy (non-hydrogen) atoms. The highest BCUT2D eigenvalue weighted by Crippen LogP contribution is 2.49. The Morgan fingerprint density at radius 1 is 1.25 bits per heavy atom. The van der Waals surface area contributed by atoms with Gasteiger partial charge in [0.15, 0.2) is 5.78 Å². The number of hydrogen-bond acceptors (Lipinski definition) is 4. The molecule has 0 saturated carbocycles. The second-order valence-corrected chi connectivity index (χ2v) is 7.82. The predicted octanol–water partition coefficient (Wildman–Crippen LogP) is 4.49. The molecular weight excluding hydrogens is 300 g/mol. The number of rotatable bonds is 1. The lowest BCUT2D eigenvalue weighted by atomic mass is 9.69. The molecule has 2 aromatic rings. The maximum absolute atomic E-state index is 13.0. The van der Waals surface area contributed by atoms with Crippen molar-refractivity contribution in [2.24, 2.45) is 5.41 Å². The lowest BCUT2D eigenvalue weighted by molar-refractivity contribution is -0.118. The molecular formula is C20H22N2O2. The number of ketones is 1. The van der Waals surface area contributed by atoms with Crippen LogP contribution in [0, 0.1) is 19.3 Å². The Kier molecular flexibility index (Phi) is 3.21. The maximum Gasteiger partial charge on any atom is 0.233 e. The molecule has 0 unspecified atom stereocenters. The number of carbonyl (C=O) groups is 1. The van der Waals surface area contributed by atoms with Crippen molar-refractivity contribution in [3.8, 4) is 0 Å². The number of allylic oxidation sites excluding steroid dienone is 2. The van der Waals surface area contributed by atoms with Crippen molar-refractivity contribution < 1.29 is 9.32 Å². The van der Waals surface area contributed by atoms with Gasteiger partial charge < -0.3 is 9.84 Å². The molecule has 1 N–H and O–H groups in total. The minimum Gasteiger partial charge on any atom is -0.338 e. The Hall–Kier alpha value is -2.36. The Morgan fingerprint density at radius 2 is 2.04 bits per heavy atom. The first-order valence-electron chi connectivity index (χ1n) is 8.42. The van der Waals surface area contributed by atoms with Crippen LogP contribution in [0.3, 0.4) is 0 Å². The summed E-state index contributed by atoms with van der Waals surface area (Å²) in [6, 6.07) is 8.38. The number of fused-ring (bicyclic) bond motifs is 1. The minimum atomic E-state index is -0.0917. The monoisotopic (exact) mass is 322 g/mol. The minimum absolute atomic E-state index is 0.0351. The van der Waals surface area contributed by atoms with E-state index in [0.717, 1.165) is 34.5 Å². The molecule has 4 rings (SSSR count). The highest BCUT2D eigenvalue weighted by Gasteiger charge is 2.42. The molecule has 1 aromatic carbocycles. The zero-order chi connectivity index (χ0) is 17.1. The first-order chi connectivity index (χ1) is 11.4. The van der Waals surface area contributed by atoms with Gasteiger partial charge in [0.2, 0.25) is 5.88 Å². The van der Waals surface area contributed by atoms with E-state index in [2.05, 4.69) is 49.4 Å². The van der Waals surface area contributed by atoms with Crippen LogP contribution in [0.25, 0.3) is 0 Å². The summed E-state index contributed by atoms with van der Waals surface area (Å²) in [6.07, 6.45) is 1.42. The number of aryl methyl sites for hydroxylation is 2. The van der Waals surface area contributed by atoms with Crippen molar-refractivity contribution >= 4 is 11.7 Å². The first kappa shape index (κ1) is 15.2. The van der Waals surface area contributed by atoms with Gasteiger partial charge in [-0.1, -0.05) is 48.8 Å². The molecule has 1 aromatic heterocycles. The van der Waals surface area contributed by atoms with Crippen LogP contribution in [-0.4, -0.2) is 10.9 Å². The molecule has 0 bridgehead atoms. The molecule has 0 radical (unpaired) electrons. The van der Waals surface area contributed by atoms with E-state index in [1.165, 1.54) is 5.56 Å². The number of Topliss-reactive ketones (excluding diaryl/α,β-unsaturated/α-hetero) is 1. The van der Waals surface area contributed by atoms with Crippen LogP contribution in [0.15, 0.2) is 40.1 Å². The number of benzene rings is 1. The normalized spacial score (nSPS) is 22.0. The van der Waals surface area contributed by atoms with E-state index in [0.29, 0.717) is 12.3 Å². The highest BCUT2D eigenvalue weighted by atomic mass is 16.5. The van der Waals surface area contributed by atoms with Crippen molar-refractivity contribution in [3.05, 3.63) is 57.9 Å². The summed E-state index contributed by atoms with van der Waals surface area (Å²) < 4.78 is 5.51. The van der Waals surface area contributed by atoms with E-state index < -0.39 is 0 Å². The standard InChI is InChI=1S/C20H22N2O2/c1-11-6-5-7-13(8-11)17-16-12(2)22-24-19(16)21-14-9-20(3,4)10-15(23)18(14)17/h5-8,17,21H,9-10H2,1-4H3/t17-/m0/s1. The van der Waals surface area contributed by atoms with Gasteiger partial charge in [0, 0.05) is 23.6 Å². The summed E-state index contributed by atoms with van der Waals surface area (Å²) in [6.45, 7) is 8.29. The summed E-state index contributed by atoms with van der Waals surface area (Å²) in [5.41, 5.74) is 6.00. The molecule has 4 heteroatoms. The molecule has 0 fully saturated rings. The zero-order valence-corrected chi connectivity index (χ0v) is 14.6. The van der Waals surface area contributed by atoms with Gasteiger partial charge in [0.25, 0.3) is 0 Å². The largest absolute Gasteiger partial charge is 0.338 e. The van der Waals surface area contributed by atoms with Crippen molar-refractivity contribution in [1.82, 2.24) is 5.16 Å². The van der Waals surface area contributed by atoms with Gasteiger partial charge in [-0.25, -0.2) is 0 Å².